The molecular weight excluding hydrogens is 270 g/mol. The highest BCUT2D eigenvalue weighted by Gasteiger charge is 2.14. The number of nitro benzene ring substituents is 1. The summed E-state index contributed by atoms with van der Waals surface area (Å²) in [6.07, 6.45) is 0.685. The molecule has 4 heteroatoms. The molecule has 0 heterocycles. The van der Waals surface area contributed by atoms with Crippen molar-refractivity contribution >= 4 is 21.6 Å². The molecule has 0 bridgehead atoms. The van der Waals surface area contributed by atoms with E-state index in [0.717, 1.165) is 16.5 Å². The van der Waals surface area contributed by atoms with E-state index >= 15 is 0 Å². The maximum atomic E-state index is 10.9. The predicted octanol–water partition coefficient (Wildman–Crippen LogP) is 3.35. The lowest BCUT2D eigenvalue weighted by molar-refractivity contribution is -0.385. The van der Waals surface area contributed by atoms with E-state index in [4.69, 9.17) is 0 Å². The summed E-state index contributed by atoms with van der Waals surface area (Å²) >= 11 is 3.26. The zero-order valence-corrected chi connectivity index (χ0v) is 10.8. The van der Waals surface area contributed by atoms with E-state index in [1.54, 1.807) is 6.07 Å². The first-order valence-corrected chi connectivity index (χ1v) is 5.99. The molecule has 0 fully saturated rings. The summed E-state index contributed by atoms with van der Waals surface area (Å²) in [4.78, 5) is 10.5. The van der Waals surface area contributed by atoms with Gasteiger partial charge in [0, 0.05) is 17.8 Å². The third-order valence-corrected chi connectivity index (χ3v) is 2.49. The zero-order valence-electron chi connectivity index (χ0n) is 9.21. The molecule has 3 nitrogen and oxygen atoms in total. The van der Waals surface area contributed by atoms with Crippen molar-refractivity contribution in [2.24, 2.45) is 0 Å². The van der Waals surface area contributed by atoms with Crippen LogP contribution in [0, 0.1) is 35.8 Å². The third kappa shape index (κ3) is 3.07. The monoisotopic (exact) mass is 281 g/mol. The smallest absolute Gasteiger partial charge is 0.258 e. The van der Waals surface area contributed by atoms with Crippen molar-refractivity contribution in [1.29, 1.82) is 0 Å². The fourth-order valence-electron chi connectivity index (χ4n) is 1.45. The van der Waals surface area contributed by atoms with Gasteiger partial charge in [-0.3, -0.25) is 10.1 Å². The molecule has 0 saturated carbocycles. The normalized spacial score (nSPS) is 9.44. The van der Waals surface area contributed by atoms with Gasteiger partial charge in [-0.05, 0) is 25.0 Å². The molecule has 0 spiro atoms. The number of hydrogen-bond donors (Lipinski definition) is 0. The van der Waals surface area contributed by atoms with E-state index in [1.165, 1.54) is 0 Å². The number of alkyl halides is 1. The van der Waals surface area contributed by atoms with Gasteiger partial charge in [-0.25, -0.2) is 0 Å². The van der Waals surface area contributed by atoms with Crippen molar-refractivity contribution in [2.45, 2.75) is 20.3 Å². The summed E-state index contributed by atoms with van der Waals surface area (Å²) in [5, 5.41) is 11.7. The summed E-state index contributed by atoms with van der Waals surface area (Å²) in [5.74, 6) is 5.77. The first-order valence-electron chi connectivity index (χ1n) is 4.86. The van der Waals surface area contributed by atoms with Gasteiger partial charge in [0.15, 0.2) is 0 Å². The SMILES string of the molecule is Cc1cc(C)c(C#CCCBr)c([N+](=O)[O-])c1. The van der Waals surface area contributed by atoms with E-state index in [9.17, 15) is 10.1 Å². The summed E-state index contributed by atoms with van der Waals surface area (Å²) in [5.41, 5.74) is 2.36. The molecule has 0 N–H and O–H groups in total. The molecule has 0 aliphatic rings. The average molecular weight is 282 g/mol. The lowest BCUT2D eigenvalue weighted by Gasteiger charge is -2.02. The maximum absolute atomic E-state index is 10.9. The Labute approximate surface area is 103 Å². The van der Waals surface area contributed by atoms with Gasteiger partial charge < -0.3 is 0 Å². The van der Waals surface area contributed by atoms with Crippen LogP contribution in [0.4, 0.5) is 5.69 Å². The highest BCUT2D eigenvalue weighted by Crippen LogP contribution is 2.23. The van der Waals surface area contributed by atoms with Gasteiger partial charge in [0.25, 0.3) is 5.69 Å². The Hall–Kier alpha value is -1.34. The average Bonchev–Trinajstić information content (AvgIpc) is 2.20. The van der Waals surface area contributed by atoms with E-state index in [1.807, 2.05) is 19.9 Å². The summed E-state index contributed by atoms with van der Waals surface area (Å²) < 4.78 is 0. The highest BCUT2D eigenvalue weighted by atomic mass is 79.9. The van der Waals surface area contributed by atoms with Gasteiger partial charge in [0.2, 0.25) is 0 Å². The van der Waals surface area contributed by atoms with Crippen molar-refractivity contribution in [3.63, 3.8) is 0 Å². The number of halogens is 1. The minimum atomic E-state index is -0.377. The molecule has 0 unspecified atom stereocenters. The van der Waals surface area contributed by atoms with Crippen molar-refractivity contribution in [1.82, 2.24) is 0 Å². The number of nitro groups is 1. The van der Waals surface area contributed by atoms with Crippen LogP contribution in [0.2, 0.25) is 0 Å². The summed E-state index contributed by atoms with van der Waals surface area (Å²) in [7, 11) is 0. The Morgan fingerprint density at radius 1 is 1.44 bits per heavy atom. The standard InChI is InChI=1S/C12H12BrNO2/c1-9-7-10(2)11(5-3-4-6-13)12(8-9)14(15)16/h7-8H,4,6H2,1-2H3. The summed E-state index contributed by atoms with van der Waals surface area (Å²) in [6, 6.07) is 3.47. The molecule has 0 atom stereocenters. The van der Waals surface area contributed by atoms with Gasteiger partial charge in [-0.15, -0.1) is 0 Å². The van der Waals surface area contributed by atoms with Crippen molar-refractivity contribution in [3.8, 4) is 11.8 Å². The molecule has 0 amide bonds. The van der Waals surface area contributed by atoms with Gasteiger partial charge in [-0.2, -0.15) is 0 Å². The number of benzene rings is 1. The molecule has 16 heavy (non-hydrogen) atoms. The largest absolute Gasteiger partial charge is 0.285 e. The fourth-order valence-corrected chi connectivity index (χ4v) is 1.65. The van der Waals surface area contributed by atoms with E-state index < -0.39 is 0 Å². The Morgan fingerprint density at radius 3 is 2.69 bits per heavy atom. The van der Waals surface area contributed by atoms with Crippen molar-refractivity contribution in [3.05, 3.63) is 38.9 Å². The van der Waals surface area contributed by atoms with Gasteiger partial charge >= 0.3 is 0 Å². The molecule has 1 rings (SSSR count). The van der Waals surface area contributed by atoms with Crippen LogP contribution in [0.15, 0.2) is 12.1 Å². The predicted molar refractivity (Wildman–Crippen MR) is 67.9 cm³/mol. The van der Waals surface area contributed by atoms with Crippen molar-refractivity contribution in [2.75, 3.05) is 5.33 Å². The number of rotatable bonds is 2. The first-order chi connectivity index (χ1) is 7.56. The van der Waals surface area contributed by atoms with E-state index in [2.05, 4.69) is 27.8 Å². The minimum Gasteiger partial charge on any atom is -0.258 e. The lowest BCUT2D eigenvalue weighted by atomic mass is 10.0. The zero-order chi connectivity index (χ0) is 12.1. The third-order valence-electron chi connectivity index (χ3n) is 2.09. The quantitative estimate of drug-likeness (QED) is 0.361. The van der Waals surface area contributed by atoms with Crippen LogP contribution in [0.1, 0.15) is 23.1 Å². The second-order valence-corrected chi connectivity index (χ2v) is 4.27. The molecule has 0 aliphatic heterocycles. The number of nitrogens with zero attached hydrogens (tertiary/aromatic N) is 1. The fraction of sp³-hybridized carbons (Fsp3) is 0.333. The van der Waals surface area contributed by atoms with Gasteiger partial charge in [-0.1, -0.05) is 33.8 Å². The van der Waals surface area contributed by atoms with Crippen LogP contribution in [0.25, 0.3) is 0 Å². The summed E-state index contributed by atoms with van der Waals surface area (Å²) in [6.45, 7) is 3.69. The maximum Gasteiger partial charge on any atom is 0.285 e. The molecule has 0 saturated heterocycles. The Kier molecular flexibility index (Phi) is 4.51. The van der Waals surface area contributed by atoms with Crippen LogP contribution >= 0.6 is 15.9 Å². The number of hydrogen-bond acceptors (Lipinski definition) is 2. The van der Waals surface area contributed by atoms with Crippen molar-refractivity contribution < 1.29 is 4.92 Å². The Morgan fingerprint density at radius 2 is 2.12 bits per heavy atom. The highest BCUT2D eigenvalue weighted by molar-refractivity contribution is 9.09. The van der Waals surface area contributed by atoms with Crippen LogP contribution < -0.4 is 0 Å². The van der Waals surface area contributed by atoms with Gasteiger partial charge in [0.05, 0.1) is 4.92 Å². The molecule has 84 valence electrons. The van der Waals surface area contributed by atoms with E-state index in [-0.39, 0.29) is 10.6 Å². The molecular formula is C12H12BrNO2. The molecule has 1 aromatic carbocycles. The second-order valence-electron chi connectivity index (χ2n) is 3.47. The topological polar surface area (TPSA) is 43.1 Å². The molecule has 0 aliphatic carbocycles. The lowest BCUT2D eigenvalue weighted by Crippen LogP contribution is -1.96. The molecule has 0 radical (unpaired) electrons. The Balaban J connectivity index is 3.26. The Bertz CT molecular complexity index is 472. The van der Waals surface area contributed by atoms with E-state index in [0.29, 0.717) is 12.0 Å². The molecule has 0 aromatic heterocycles. The van der Waals surface area contributed by atoms with Crippen LogP contribution in [0.3, 0.4) is 0 Å². The van der Waals surface area contributed by atoms with Crippen LogP contribution in [0.5, 0.6) is 0 Å². The van der Waals surface area contributed by atoms with Gasteiger partial charge in [0.1, 0.15) is 5.56 Å². The molecule has 1 aromatic rings. The minimum absolute atomic E-state index is 0.0968. The first kappa shape index (κ1) is 12.7. The van der Waals surface area contributed by atoms with Crippen LogP contribution in [-0.2, 0) is 0 Å². The second kappa shape index (κ2) is 5.66. The number of aryl methyl sites for hydroxylation is 2. The van der Waals surface area contributed by atoms with Crippen LogP contribution in [-0.4, -0.2) is 10.3 Å².